The second-order valence-corrected chi connectivity index (χ2v) is 3.22. The summed E-state index contributed by atoms with van der Waals surface area (Å²) in [6, 6.07) is 3.30. The van der Waals surface area contributed by atoms with Crippen molar-refractivity contribution in [2.24, 2.45) is 0 Å². The van der Waals surface area contributed by atoms with Gasteiger partial charge in [0.2, 0.25) is 0 Å². The van der Waals surface area contributed by atoms with E-state index in [-0.39, 0.29) is 23.4 Å². The zero-order valence-electron chi connectivity index (χ0n) is 9.47. The molecule has 0 atom stereocenters. The molecule has 0 unspecified atom stereocenters. The van der Waals surface area contributed by atoms with Crippen LogP contribution in [0.25, 0.3) is 0 Å². The Balaban J connectivity index is 3.11. The second-order valence-electron chi connectivity index (χ2n) is 3.22. The maximum atomic E-state index is 11.2. The highest BCUT2D eigenvalue weighted by atomic mass is 16.5. The van der Waals surface area contributed by atoms with E-state index in [2.05, 4.69) is 10.1 Å². The Bertz CT molecular complexity index is 496. The predicted octanol–water partition coefficient (Wildman–Crippen LogP) is 1.65. The fourth-order valence-corrected chi connectivity index (χ4v) is 1.24. The minimum absolute atomic E-state index is 0.118. The number of carboxylic acids is 2. The van der Waals surface area contributed by atoms with Crippen LogP contribution >= 0.6 is 0 Å². The highest BCUT2D eigenvalue weighted by Gasteiger charge is 2.15. The third-order valence-electron chi connectivity index (χ3n) is 2.01. The third-order valence-corrected chi connectivity index (χ3v) is 2.01. The number of carboxylic acid groups (broad SMARTS) is 2. The van der Waals surface area contributed by atoms with E-state index in [0.717, 1.165) is 18.2 Å². The van der Waals surface area contributed by atoms with Crippen LogP contribution in [-0.4, -0.2) is 34.9 Å². The van der Waals surface area contributed by atoms with Crippen LogP contribution in [0.5, 0.6) is 0 Å². The number of amides is 1. The van der Waals surface area contributed by atoms with Crippen LogP contribution in [0.3, 0.4) is 0 Å². The van der Waals surface area contributed by atoms with E-state index in [4.69, 9.17) is 10.2 Å². The second kappa shape index (κ2) is 5.67. The van der Waals surface area contributed by atoms with Crippen LogP contribution < -0.4 is 5.32 Å². The molecule has 1 amide bonds. The summed E-state index contributed by atoms with van der Waals surface area (Å²) in [6.07, 6.45) is -0.845. The van der Waals surface area contributed by atoms with E-state index in [0.29, 0.717) is 0 Å². The molecular formula is C11H11NO6. The molecule has 0 spiro atoms. The van der Waals surface area contributed by atoms with Gasteiger partial charge in [-0.1, -0.05) is 0 Å². The number of carbonyl (C=O) groups is 3. The summed E-state index contributed by atoms with van der Waals surface area (Å²) in [5, 5.41) is 19.9. The van der Waals surface area contributed by atoms with E-state index < -0.39 is 18.0 Å². The molecule has 1 aromatic rings. The normalized spacial score (nSPS) is 9.61. The van der Waals surface area contributed by atoms with E-state index in [1.165, 1.54) is 0 Å². The Morgan fingerprint density at radius 2 is 1.89 bits per heavy atom. The van der Waals surface area contributed by atoms with Gasteiger partial charge in [0.15, 0.2) is 0 Å². The average molecular weight is 253 g/mol. The molecule has 0 aliphatic rings. The van der Waals surface area contributed by atoms with Crippen molar-refractivity contribution >= 4 is 23.7 Å². The van der Waals surface area contributed by atoms with Crippen molar-refractivity contribution in [1.29, 1.82) is 0 Å². The van der Waals surface area contributed by atoms with Gasteiger partial charge in [0.1, 0.15) is 0 Å². The maximum Gasteiger partial charge on any atom is 0.411 e. The SMILES string of the molecule is CCOC(=O)Nc1cc(C(=O)O)ccc1C(=O)O. The zero-order valence-corrected chi connectivity index (χ0v) is 9.47. The Kier molecular flexibility index (Phi) is 4.25. The van der Waals surface area contributed by atoms with E-state index in [1.54, 1.807) is 6.92 Å². The van der Waals surface area contributed by atoms with Crippen molar-refractivity contribution in [3.63, 3.8) is 0 Å². The number of benzene rings is 1. The van der Waals surface area contributed by atoms with Gasteiger partial charge in [-0.15, -0.1) is 0 Å². The third kappa shape index (κ3) is 3.21. The molecule has 3 N–H and O–H groups in total. The van der Waals surface area contributed by atoms with E-state index in [9.17, 15) is 14.4 Å². The number of ether oxygens (including phenoxy) is 1. The summed E-state index contributed by atoms with van der Waals surface area (Å²) < 4.78 is 4.59. The first-order valence-corrected chi connectivity index (χ1v) is 5.00. The molecule has 7 heteroatoms. The number of hydrogen-bond acceptors (Lipinski definition) is 4. The highest BCUT2D eigenvalue weighted by Crippen LogP contribution is 2.18. The van der Waals surface area contributed by atoms with Crippen molar-refractivity contribution in [1.82, 2.24) is 0 Å². The van der Waals surface area contributed by atoms with Gasteiger partial charge in [-0.05, 0) is 25.1 Å². The number of rotatable bonds is 4. The van der Waals surface area contributed by atoms with Crippen LogP contribution in [0.2, 0.25) is 0 Å². The Morgan fingerprint density at radius 1 is 1.22 bits per heavy atom. The molecule has 0 saturated carbocycles. The molecule has 96 valence electrons. The largest absolute Gasteiger partial charge is 0.478 e. The zero-order chi connectivity index (χ0) is 13.7. The molecule has 1 rings (SSSR count). The van der Waals surface area contributed by atoms with Crippen LogP contribution in [0.15, 0.2) is 18.2 Å². The topological polar surface area (TPSA) is 113 Å². The lowest BCUT2D eigenvalue weighted by Gasteiger charge is -2.09. The smallest absolute Gasteiger partial charge is 0.411 e. The summed E-state index contributed by atoms with van der Waals surface area (Å²) in [4.78, 5) is 32.9. The van der Waals surface area contributed by atoms with Gasteiger partial charge in [0.25, 0.3) is 0 Å². The minimum atomic E-state index is -1.28. The molecule has 0 fully saturated rings. The lowest BCUT2D eigenvalue weighted by atomic mass is 10.1. The molecular weight excluding hydrogens is 242 g/mol. The molecule has 0 aromatic heterocycles. The fraction of sp³-hybridized carbons (Fsp3) is 0.182. The quantitative estimate of drug-likeness (QED) is 0.751. The molecule has 0 bridgehead atoms. The van der Waals surface area contributed by atoms with Gasteiger partial charge < -0.3 is 14.9 Å². The predicted molar refractivity (Wildman–Crippen MR) is 61.0 cm³/mol. The van der Waals surface area contributed by atoms with Crippen molar-refractivity contribution in [2.75, 3.05) is 11.9 Å². The summed E-state index contributed by atoms with van der Waals surface area (Å²) in [6.45, 7) is 1.71. The molecule has 0 aliphatic heterocycles. The highest BCUT2D eigenvalue weighted by molar-refractivity contribution is 6.01. The first kappa shape index (κ1) is 13.5. The van der Waals surface area contributed by atoms with Crippen molar-refractivity contribution in [3.8, 4) is 0 Å². The standard InChI is InChI=1S/C11H11NO6/c1-2-18-11(17)12-8-5-6(9(13)14)3-4-7(8)10(15)16/h3-5H,2H2,1H3,(H,12,17)(H,13,14)(H,15,16). The van der Waals surface area contributed by atoms with Crippen LogP contribution in [-0.2, 0) is 4.74 Å². The molecule has 0 aliphatic carbocycles. The maximum absolute atomic E-state index is 11.2. The van der Waals surface area contributed by atoms with E-state index >= 15 is 0 Å². The number of anilines is 1. The lowest BCUT2D eigenvalue weighted by Crippen LogP contribution is -2.16. The van der Waals surface area contributed by atoms with Gasteiger partial charge in [0, 0.05) is 0 Å². The molecule has 0 radical (unpaired) electrons. The molecule has 0 heterocycles. The van der Waals surface area contributed by atoms with Crippen molar-refractivity contribution in [2.45, 2.75) is 6.92 Å². The van der Waals surface area contributed by atoms with Gasteiger partial charge in [-0.3, -0.25) is 5.32 Å². The first-order chi connectivity index (χ1) is 8.45. The molecule has 1 aromatic carbocycles. The first-order valence-electron chi connectivity index (χ1n) is 5.00. The number of carbonyl (C=O) groups excluding carboxylic acids is 1. The van der Waals surface area contributed by atoms with Gasteiger partial charge >= 0.3 is 18.0 Å². The summed E-state index contributed by atoms with van der Waals surface area (Å²) in [5.74, 6) is -2.50. The lowest BCUT2D eigenvalue weighted by molar-refractivity contribution is 0.0682. The summed E-state index contributed by atoms with van der Waals surface area (Å²) in [5.41, 5.74) is -0.472. The van der Waals surface area contributed by atoms with Gasteiger partial charge in [0.05, 0.1) is 23.4 Å². The number of aromatic carboxylic acids is 2. The van der Waals surface area contributed by atoms with Crippen molar-refractivity contribution in [3.05, 3.63) is 29.3 Å². The van der Waals surface area contributed by atoms with Gasteiger partial charge in [-0.25, -0.2) is 14.4 Å². The summed E-state index contributed by atoms with van der Waals surface area (Å²) in [7, 11) is 0. The number of hydrogen-bond donors (Lipinski definition) is 3. The number of nitrogens with one attached hydrogen (secondary N) is 1. The molecule has 7 nitrogen and oxygen atoms in total. The summed E-state index contributed by atoms with van der Waals surface area (Å²) >= 11 is 0. The van der Waals surface area contributed by atoms with E-state index in [1.807, 2.05) is 0 Å². The van der Waals surface area contributed by atoms with Crippen LogP contribution in [0.4, 0.5) is 10.5 Å². The minimum Gasteiger partial charge on any atom is -0.478 e. The average Bonchev–Trinajstić information content (AvgIpc) is 2.28. The van der Waals surface area contributed by atoms with Gasteiger partial charge in [-0.2, -0.15) is 0 Å². The van der Waals surface area contributed by atoms with Crippen LogP contribution in [0.1, 0.15) is 27.6 Å². The Hall–Kier alpha value is -2.57. The Morgan fingerprint density at radius 3 is 2.39 bits per heavy atom. The molecule has 18 heavy (non-hydrogen) atoms. The van der Waals surface area contributed by atoms with Crippen LogP contribution in [0, 0.1) is 0 Å². The fourth-order valence-electron chi connectivity index (χ4n) is 1.24. The van der Waals surface area contributed by atoms with Crippen molar-refractivity contribution < 1.29 is 29.3 Å². The molecule has 0 saturated heterocycles. The monoisotopic (exact) mass is 253 g/mol. The Labute approximate surface area is 102 Å².